The number of fused-ring (bicyclic) bond motifs is 1. The van der Waals surface area contributed by atoms with Gasteiger partial charge in [0, 0.05) is 18.3 Å². The molecule has 0 atom stereocenters. The smallest absolute Gasteiger partial charge is 0.251 e. The van der Waals surface area contributed by atoms with Gasteiger partial charge in [0.1, 0.15) is 0 Å². The van der Waals surface area contributed by atoms with Crippen LogP contribution in [0.25, 0.3) is 5.65 Å². The first-order chi connectivity index (χ1) is 12.5. The highest BCUT2D eigenvalue weighted by Crippen LogP contribution is 2.11. The zero-order valence-electron chi connectivity index (χ0n) is 13.8. The van der Waals surface area contributed by atoms with Crippen LogP contribution in [0.3, 0.4) is 0 Å². The van der Waals surface area contributed by atoms with Crippen molar-refractivity contribution in [1.29, 1.82) is 0 Å². The molecule has 8 nitrogen and oxygen atoms in total. The third kappa shape index (κ3) is 3.79. The zero-order valence-corrected chi connectivity index (χ0v) is 14.6. The molecule has 0 saturated carbocycles. The maximum Gasteiger partial charge on any atom is 0.251 e. The van der Waals surface area contributed by atoms with Crippen LogP contribution in [-0.4, -0.2) is 35.5 Å². The van der Waals surface area contributed by atoms with E-state index in [1.54, 1.807) is 4.40 Å². The van der Waals surface area contributed by atoms with Crippen LogP contribution in [0, 0.1) is 0 Å². The summed E-state index contributed by atoms with van der Waals surface area (Å²) in [6.45, 7) is 3.80. The fraction of sp³-hybridized carbons (Fsp3) is 0.118. The van der Waals surface area contributed by atoms with Crippen molar-refractivity contribution in [1.82, 2.24) is 24.6 Å². The second-order valence-electron chi connectivity index (χ2n) is 5.39. The van der Waals surface area contributed by atoms with Crippen molar-refractivity contribution in [2.75, 3.05) is 6.54 Å². The van der Waals surface area contributed by atoms with E-state index < -0.39 is 10.0 Å². The van der Waals surface area contributed by atoms with E-state index in [2.05, 4.69) is 26.8 Å². The monoisotopic (exact) mass is 371 g/mol. The molecule has 26 heavy (non-hydrogen) atoms. The Balaban J connectivity index is 1.67. The fourth-order valence-electron chi connectivity index (χ4n) is 2.31. The van der Waals surface area contributed by atoms with E-state index in [0.717, 1.165) is 0 Å². The van der Waals surface area contributed by atoms with E-state index in [0.29, 0.717) is 17.0 Å². The minimum atomic E-state index is -3.61. The van der Waals surface area contributed by atoms with Gasteiger partial charge in [0.15, 0.2) is 11.5 Å². The Bertz CT molecular complexity index is 1040. The van der Waals surface area contributed by atoms with Crippen LogP contribution in [0.5, 0.6) is 0 Å². The van der Waals surface area contributed by atoms with Gasteiger partial charge in [-0.3, -0.25) is 9.20 Å². The Labute approximate surface area is 150 Å². The summed E-state index contributed by atoms with van der Waals surface area (Å²) in [6.07, 6.45) is 3.26. The summed E-state index contributed by atoms with van der Waals surface area (Å²) in [5.74, 6) is 0.266. The van der Waals surface area contributed by atoms with Crippen LogP contribution >= 0.6 is 0 Å². The summed E-state index contributed by atoms with van der Waals surface area (Å²) in [5.41, 5.74) is 1.04. The number of amides is 1. The third-order valence-corrected chi connectivity index (χ3v) is 5.08. The molecule has 3 rings (SSSR count). The minimum Gasteiger partial charge on any atom is -0.345 e. The Morgan fingerprint density at radius 2 is 1.92 bits per heavy atom. The number of nitrogens with zero attached hydrogens (tertiary/aromatic N) is 3. The van der Waals surface area contributed by atoms with Gasteiger partial charge >= 0.3 is 0 Å². The van der Waals surface area contributed by atoms with Crippen LogP contribution in [0.4, 0.5) is 0 Å². The van der Waals surface area contributed by atoms with E-state index in [-0.39, 0.29) is 23.9 Å². The predicted molar refractivity (Wildman–Crippen MR) is 96.0 cm³/mol. The number of benzene rings is 1. The van der Waals surface area contributed by atoms with Crippen LogP contribution in [-0.2, 0) is 16.6 Å². The number of carbonyl (C=O) groups is 1. The zero-order chi connectivity index (χ0) is 18.6. The molecule has 2 N–H and O–H groups in total. The molecule has 0 spiro atoms. The quantitative estimate of drug-likeness (QED) is 0.606. The van der Waals surface area contributed by atoms with Crippen molar-refractivity contribution in [3.8, 4) is 0 Å². The lowest BCUT2D eigenvalue weighted by atomic mass is 10.2. The molecule has 9 heteroatoms. The van der Waals surface area contributed by atoms with Gasteiger partial charge in [-0.1, -0.05) is 12.1 Å². The molecular weight excluding hydrogens is 354 g/mol. The number of aromatic nitrogens is 3. The second kappa shape index (κ2) is 7.46. The summed E-state index contributed by atoms with van der Waals surface area (Å²) in [5, 5.41) is 10.8. The van der Waals surface area contributed by atoms with Crippen molar-refractivity contribution < 1.29 is 13.2 Å². The van der Waals surface area contributed by atoms with Crippen molar-refractivity contribution in [3.63, 3.8) is 0 Å². The van der Waals surface area contributed by atoms with Crippen LogP contribution in [0.15, 0.2) is 66.2 Å². The molecule has 1 amide bonds. The number of nitrogens with one attached hydrogen (secondary N) is 2. The molecule has 2 heterocycles. The predicted octanol–water partition coefficient (Wildman–Crippen LogP) is 1.12. The number of carbonyl (C=O) groups excluding carboxylic acids is 1. The summed E-state index contributed by atoms with van der Waals surface area (Å²) >= 11 is 0. The first kappa shape index (κ1) is 17.8. The Kier molecular flexibility index (Phi) is 5.10. The SMILES string of the molecule is C=CCNS(=O)(=O)c1ccc(C(=O)NCc2nnc3ccccn23)cc1. The van der Waals surface area contributed by atoms with Gasteiger partial charge in [0.05, 0.1) is 11.4 Å². The fourth-order valence-corrected chi connectivity index (χ4v) is 3.31. The lowest BCUT2D eigenvalue weighted by molar-refractivity contribution is 0.0949. The average Bonchev–Trinajstić information content (AvgIpc) is 3.08. The van der Waals surface area contributed by atoms with E-state index >= 15 is 0 Å². The Morgan fingerprint density at radius 1 is 1.15 bits per heavy atom. The van der Waals surface area contributed by atoms with E-state index in [1.165, 1.54) is 30.3 Å². The number of rotatable bonds is 7. The number of hydrogen-bond donors (Lipinski definition) is 2. The normalized spacial score (nSPS) is 11.4. The molecule has 1 aromatic carbocycles. The first-order valence-corrected chi connectivity index (χ1v) is 9.27. The van der Waals surface area contributed by atoms with Crippen molar-refractivity contribution >= 4 is 21.6 Å². The maximum absolute atomic E-state index is 12.3. The molecule has 0 aliphatic carbocycles. The van der Waals surface area contributed by atoms with Crippen LogP contribution < -0.4 is 10.0 Å². The van der Waals surface area contributed by atoms with E-state index in [4.69, 9.17) is 0 Å². The number of sulfonamides is 1. The lowest BCUT2D eigenvalue weighted by Crippen LogP contribution is -2.25. The highest BCUT2D eigenvalue weighted by molar-refractivity contribution is 7.89. The third-order valence-electron chi connectivity index (χ3n) is 3.64. The Morgan fingerprint density at radius 3 is 2.65 bits per heavy atom. The molecule has 134 valence electrons. The second-order valence-corrected chi connectivity index (χ2v) is 7.16. The molecule has 0 aliphatic heterocycles. The van der Waals surface area contributed by atoms with Crippen molar-refractivity contribution in [2.45, 2.75) is 11.4 Å². The van der Waals surface area contributed by atoms with Crippen molar-refractivity contribution in [2.24, 2.45) is 0 Å². The van der Waals surface area contributed by atoms with Gasteiger partial charge < -0.3 is 5.32 Å². The average molecular weight is 371 g/mol. The highest BCUT2D eigenvalue weighted by Gasteiger charge is 2.14. The highest BCUT2D eigenvalue weighted by atomic mass is 32.2. The van der Waals surface area contributed by atoms with Gasteiger partial charge in [0.25, 0.3) is 5.91 Å². The molecular formula is C17H17N5O3S. The summed E-state index contributed by atoms with van der Waals surface area (Å²) in [4.78, 5) is 12.3. The minimum absolute atomic E-state index is 0.0827. The van der Waals surface area contributed by atoms with Gasteiger partial charge in [-0.2, -0.15) is 0 Å². The molecule has 0 aliphatic rings. The topological polar surface area (TPSA) is 105 Å². The van der Waals surface area contributed by atoms with E-state index in [9.17, 15) is 13.2 Å². The molecule has 0 bridgehead atoms. The summed E-state index contributed by atoms with van der Waals surface area (Å²) < 4.78 is 28.1. The summed E-state index contributed by atoms with van der Waals surface area (Å²) in [6, 6.07) is 11.2. The largest absolute Gasteiger partial charge is 0.345 e. The van der Waals surface area contributed by atoms with Crippen molar-refractivity contribution in [3.05, 3.63) is 72.7 Å². The molecule has 0 radical (unpaired) electrons. The first-order valence-electron chi connectivity index (χ1n) is 7.79. The van der Waals surface area contributed by atoms with Gasteiger partial charge in [-0.05, 0) is 36.4 Å². The number of pyridine rings is 1. The summed E-state index contributed by atoms with van der Waals surface area (Å²) in [7, 11) is -3.61. The van der Waals surface area contributed by atoms with Gasteiger partial charge in [-0.15, -0.1) is 16.8 Å². The molecule has 2 aromatic heterocycles. The Hall–Kier alpha value is -3.04. The van der Waals surface area contributed by atoms with Crippen LogP contribution in [0.1, 0.15) is 16.2 Å². The standard InChI is InChI=1S/C17H17N5O3S/c1-2-10-19-26(24,25)14-8-6-13(7-9-14)17(23)18-12-16-21-20-15-5-3-4-11-22(15)16/h2-9,11,19H,1,10,12H2,(H,18,23). The van der Waals surface area contributed by atoms with Gasteiger partial charge in [-0.25, -0.2) is 13.1 Å². The maximum atomic E-state index is 12.3. The van der Waals surface area contributed by atoms with Crippen LogP contribution in [0.2, 0.25) is 0 Å². The van der Waals surface area contributed by atoms with E-state index in [1.807, 2.05) is 24.4 Å². The molecule has 3 aromatic rings. The molecule has 0 fully saturated rings. The van der Waals surface area contributed by atoms with Gasteiger partial charge in [0.2, 0.25) is 10.0 Å². The number of hydrogen-bond acceptors (Lipinski definition) is 5. The molecule has 0 unspecified atom stereocenters. The lowest BCUT2D eigenvalue weighted by Gasteiger charge is -2.07. The molecule has 0 saturated heterocycles.